The van der Waals surface area contributed by atoms with Crippen LogP contribution in [0.3, 0.4) is 0 Å². The van der Waals surface area contributed by atoms with Crippen molar-refractivity contribution in [1.82, 2.24) is 4.72 Å². The van der Waals surface area contributed by atoms with Crippen molar-refractivity contribution in [3.8, 4) is 0 Å². The predicted octanol–water partition coefficient (Wildman–Crippen LogP) is 1.51. The minimum absolute atomic E-state index is 0.283. The molecule has 1 aromatic rings. The summed E-state index contributed by atoms with van der Waals surface area (Å²) in [6.07, 6.45) is 2.17. The van der Waals surface area contributed by atoms with Gasteiger partial charge in [0.25, 0.3) is 5.91 Å². The Balaban J connectivity index is 2.14. The van der Waals surface area contributed by atoms with Crippen LogP contribution in [0.25, 0.3) is 0 Å². The van der Waals surface area contributed by atoms with Crippen LogP contribution in [0, 0.1) is 13.8 Å². The van der Waals surface area contributed by atoms with Gasteiger partial charge in [-0.25, -0.2) is 13.1 Å². The summed E-state index contributed by atoms with van der Waals surface area (Å²) in [6.45, 7) is 3.35. The Morgan fingerprint density at radius 3 is 2.47 bits per heavy atom. The van der Waals surface area contributed by atoms with E-state index in [4.69, 9.17) is 4.42 Å². The molecule has 0 aromatic carbocycles. The lowest BCUT2D eigenvalue weighted by Crippen LogP contribution is -2.41. The summed E-state index contributed by atoms with van der Waals surface area (Å²) in [7, 11) is -3.52. The molecule has 1 aliphatic carbocycles. The molecule has 1 saturated carbocycles. The van der Waals surface area contributed by atoms with Crippen molar-refractivity contribution in [2.75, 3.05) is 0 Å². The number of nitrogens with one attached hydrogen (secondary N) is 1. The van der Waals surface area contributed by atoms with E-state index in [1.807, 2.05) is 0 Å². The fourth-order valence-electron chi connectivity index (χ4n) is 1.80. The maximum Gasteiger partial charge on any atom is 0.268 e. The van der Waals surface area contributed by atoms with Crippen molar-refractivity contribution in [2.45, 2.75) is 38.4 Å². The molecule has 1 aliphatic rings. The third-order valence-electron chi connectivity index (χ3n) is 3.01. The molecule has 6 heteroatoms. The second-order valence-corrected chi connectivity index (χ2v) is 6.32. The molecule has 1 N–H and O–H groups in total. The van der Waals surface area contributed by atoms with E-state index in [9.17, 15) is 13.2 Å². The minimum Gasteiger partial charge on any atom is -0.466 e. The van der Waals surface area contributed by atoms with Crippen LogP contribution in [-0.4, -0.2) is 19.6 Å². The average Bonchev–Trinajstić information content (AvgIpc) is 2.39. The number of hydrogen-bond donors (Lipinski definition) is 1. The lowest BCUT2D eigenvalue weighted by molar-refractivity contribution is 0.0979. The topological polar surface area (TPSA) is 76.4 Å². The third kappa shape index (κ3) is 2.36. The quantitative estimate of drug-likeness (QED) is 0.890. The molecule has 0 radical (unpaired) electrons. The molecule has 1 amide bonds. The van der Waals surface area contributed by atoms with Gasteiger partial charge in [-0.1, -0.05) is 6.42 Å². The van der Waals surface area contributed by atoms with Gasteiger partial charge < -0.3 is 4.42 Å². The van der Waals surface area contributed by atoms with Crippen LogP contribution in [0.1, 0.15) is 41.1 Å². The second-order valence-electron chi connectivity index (χ2n) is 4.36. The van der Waals surface area contributed by atoms with Gasteiger partial charge >= 0.3 is 0 Å². The zero-order chi connectivity index (χ0) is 12.6. The molecule has 1 fully saturated rings. The van der Waals surface area contributed by atoms with Crippen LogP contribution >= 0.6 is 0 Å². The van der Waals surface area contributed by atoms with Crippen molar-refractivity contribution in [3.63, 3.8) is 0 Å². The van der Waals surface area contributed by atoms with Crippen LogP contribution in [0.2, 0.25) is 0 Å². The summed E-state index contributed by atoms with van der Waals surface area (Å²) in [6, 6.07) is 1.54. The van der Waals surface area contributed by atoms with Crippen LogP contribution in [0.15, 0.2) is 10.5 Å². The van der Waals surface area contributed by atoms with Crippen LogP contribution in [-0.2, 0) is 10.0 Å². The van der Waals surface area contributed by atoms with Crippen LogP contribution in [0.4, 0.5) is 0 Å². The Hall–Kier alpha value is -1.30. The Labute approximate surface area is 100 Å². The molecule has 1 heterocycles. The zero-order valence-electron chi connectivity index (χ0n) is 9.82. The molecule has 0 aliphatic heterocycles. The highest BCUT2D eigenvalue weighted by Gasteiger charge is 2.33. The fourth-order valence-corrected chi connectivity index (χ4v) is 3.29. The lowest BCUT2D eigenvalue weighted by Gasteiger charge is -2.24. The van der Waals surface area contributed by atoms with E-state index in [-0.39, 0.29) is 5.56 Å². The summed E-state index contributed by atoms with van der Waals surface area (Å²) in [4.78, 5) is 11.8. The van der Waals surface area contributed by atoms with Gasteiger partial charge in [0.15, 0.2) is 0 Å². The van der Waals surface area contributed by atoms with Gasteiger partial charge in [0.05, 0.1) is 10.8 Å². The Morgan fingerprint density at radius 1 is 1.41 bits per heavy atom. The van der Waals surface area contributed by atoms with Gasteiger partial charge in [0.2, 0.25) is 10.0 Å². The number of carbonyl (C=O) groups is 1. The van der Waals surface area contributed by atoms with E-state index in [0.29, 0.717) is 24.4 Å². The summed E-state index contributed by atoms with van der Waals surface area (Å²) in [5.41, 5.74) is 0.283. The molecule has 2 rings (SSSR count). The summed E-state index contributed by atoms with van der Waals surface area (Å²) >= 11 is 0. The van der Waals surface area contributed by atoms with Crippen LogP contribution in [0.5, 0.6) is 0 Å². The van der Waals surface area contributed by atoms with E-state index in [1.54, 1.807) is 19.9 Å². The van der Waals surface area contributed by atoms with Crippen molar-refractivity contribution >= 4 is 15.9 Å². The van der Waals surface area contributed by atoms with E-state index in [1.165, 1.54) is 0 Å². The molecule has 0 spiro atoms. The molecule has 94 valence electrons. The smallest absolute Gasteiger partial charge is 0.268 e. The van der Waals surface area contributed by atoms with Gasteiger partial charge in [0, 0.05) is 0 Å². The first-order valence-electron chi connectivity index (χ1n) is 5.53. The SMILES string of the molecule is Cc1cc(C(=O)NS(=O)(=O)C2CCC2)c(C)o1. The number of rotatable bonds is 3. The molecule has 0 unspecified atom stereocenters. The van der Waals surface area contributed by atoms with Crippen molar-refractivity contribution in [2.24, 2.45) is 0 Å². The van der Waals surface area contributed by atoms with Crippen molar-refractivity contribution in [3.05, 3.63) is 23.2 Å². The highest BCUT2D eigenvalue weighted by atomic mass is 32.2. The number of amides is 1. The Bertz CT molecular complexity index is 540. The first-order valence-corrected chi connectivity index (χ1v) is 7.08. The predicted molar refractivity (Wildman–Crippen MR) is 62.2 cm³/mol. The normalized spacial score (nSPS) is 16.6. The highest BCUT2D eigenvalue weighted by Crippen LogP contribution is 2.25. The minimum atomic E-state index is -3.52. The Morgan fingerprint density at radius 2 is 2.06 bits per heavy atom. The first-order chi connectivity index (χ1) is 7.90. The van der Waals surface area contributed by atoms with Gasteiger partial charge in [-0.3, -0.25) is 4.79 Å². The molecular weight excluding hydrogens is 242 g/mol. The van der Waals surface area contributed by atoms with Crippen molar-refractivity contribution < 1.29 is 17.6 Å². The van der Waals surface area contributed by atoms with Gasteiger partial charge in [0.1, 0.15) is 11.5 Å². The van der Waals surface area contributed by atoms with Crippen molar-refractivity contribution in [1.29, 1.82) is 0 Å². The highest BCUT2D eigenvalue weighted by molar-refractivity contribution is 7.90. The van der Waals surface area contributed by atoms with Crippen LogP contribution < -0.4 is 4.72 Å². The molecule has 17 heavy (non-hydrogen) atoms. The average molecular weight is 257 g/mol. The fraction of sp³-hybridized carbons (Fsp3) is 0.545. The monoisotopic (exact) mass is 257 g/mol. The number of sulfonamides is 1. The van der Waals surface area contributed by atoms with Gasteiger partial charge in [-0.2, -0.15) is 0 Å². The summed E-state index contributed by atoms with van der Waals surface area (Å²) < 4.78 is 30.8. The molecular formula is C11H15NO4S. The molecule has 0 saturated heterocycles. The molecule has 5 nitrogen and oxygen atoms in total. The third-order valence-corrected chi connectivity index (χ3v) is 4.83. The summed E-state index contributed by atoms with van der Waals surface area (Å²) in [5, 5.41) is -0.417. The van der Waals surface area contributed by atoms with E-state index in [0.717, 1.165) is 6.42 Å². The van der Waals surface area contributed by atoms with E-state index in [2.05, 4.69) is 4.72 Å². The largest absolute Gasteiger partial charge is 0.466 e. The number of hydrogen-bond acceptors (Lipinski definition) is 4. The second kappa shape index (κ2) is 4.18. The van der Waals surface area contributed by atoms with E-state index < -0.39 is 21.2 Å². The summed E-state index contributed by atoms with van der Waals surface area (Å²) in [5.74, 6) is 0.420. The zero-order valence-corrected chi connectivity index (χ0v) is 10.6. The number of carbonyl (C=O) groups excluding carboxylic acids is 1. The lowest BCUT2D eigenvalue weighted by atomic mass is 10.0. The van der Waals surface area contributed by atoms with E-state index >= 15 is 0 Å². The maximum atomic E-state index is 11.8. The van der Waals surface area contributed by atoms with Gasteiger partial charge in [-0.05, 0) is 32.8 Å². The van der Waals surface area contributed by atoms with Gasteiger partial charge in [-0.15, -0.1) is 0 Å². The molecule has 0 atom stereocenters. The molecule has 0 bridgehead atoms. The standard InChI is InChI=1S/C11H15NO4S/c1-7-6-10(8(2)16-7)11(13)12-17(14,15)9-4-3-5-9/h6,9H,3-5H2,1-2H3,(H,12,13). The molecule has 1 aromatic heterocycles. The first kappa shape index (κ1) is 12.2. The number of aryl methyl sites for hydroxylation is 2. The Kier molecular flexibility index (Phi) is 2.99. The number of furan rings is 1. The maximum absolute atomic E-state index is 11.8.